The summed E-state index contributed by atoms with van der Waals surface area (Å²) in [4.78, 5) is 4.21. The SMILES string of the molecule is COc1ccc(C(N)c2ccc(Cl)cn2)cc1. The molecule has 0 saturated heterocycles. The zero-order valence-corrected chi connectivity index (χ0v) is 10.2. The molecule has 0 aliphatic heterocycles. The predicted octanol–water partition coefficient (Wildman–Crippen LogP) is 2.79. The van der Waals surface area contributed by atoms with Gasteiger partial charge in [0.25, 0.3) is 0 Å². The molecule has 1 unspecified atom stereocenters. The molecule has 0 aliphatic carbocycles. The van der Waals surface area contributed by atoms with Gasteiger partial charge in [-0.15, -0.1) is 0 Å². The number of rotatable bonds is 3. The molecule has 2 N–H and O–H groups in total. The Kier molecular flexibility index (Phi) is 3.61. The van der Waals surface area contributed by atoms with Gasteiger partial charge in [-0.1, -0.05) is 23.7 Å². The van der Waals surface area contributed by atoms with Crippen LogP contribution >= 0.6 is 11.6 Å². The molecular formula is C13H13ClN2O. The summed E-state index contributed by atoms with van der Waals surface area (Å²) in [5.74, 6) is 0.810. The molecule has 0 spiro atoms. The molecule has 3 nitrogen and oxygen atoms in total. The van der Waals surface area contributed by atoms with Gasteiger partial charge in [-0.05, 0) is 29.8 Å². The summed E-state index contributed by atoms with van der Waals surface area (Å²) in [5, 5.41) is 0.607. The predicted molar refractivity (Wildman–Crippen MR) is 68.3 cm³/mol. The highest BCUT2D eigenvalue weighted by Crippen LogP contribution is 2.21. The minimum Gasteiger partial charge on any atom is -0.497 e. The van der Waals surface area contributed by atoms with Crippen molar-refractivity contribution in [1.82, 2.24) is 4.98 Å². The van der Waals surface area contributed by atoms with Gasteiger partial charge in [0, 0.05) is 6.20 Å². The van der Waals surface area contributed by atoms with Crippen molar-refractivity contribution in [1.29, 1.82) is 0 Å². The van der Waals surface area contributed by atoms with Crippen LogP contribution in [0, 0.1) is 0 Å². The molecular weight excluding hydrogens is 236 g/mol. The van der Waals surface area contributed by atoms with Gasteiger partial charge >= 0.3 is 0 Å². The Bertz CT molecular complexity index is 482. The number of halogens is 1. The van der Waals surface area contributed by atoms with E-state index in [1.165, 1.54) is 0 Å². The van der Waals surface area contributed by atoms with Crippen LogP contribution in [0.1, 0.15) is 17.3 Å². The molecule has 1 heterocycles. The third-order valence-electron chi connectivity index (χ3n) is 2.54. The van der Waals surface area contributed by atoms with E-state index >= 15 is 0 Å². The Morgan fingerprint density at radius 1 is 1.18 bits per heavy atom. The van der Waals surface area contributed by atoms with Crippen molar-refractivity contribution in [3.63, 3.8) is 0 Å². The normalized spacial score (nSPS) is 12.2. The van der Waals surface area contributed by atoms with Crippen LogP contribution in [0.3, 0.4) is 0 Å². The minimum atomic E-state index is -0.252. The first-order valence-electron chi connectivity index (χ1n) is 5.21. The van der Waals surface area contributed by atoms with E-state index in [2.05, 4.69) is 4.98 Å². The lowest BCUT2D eigenvalue weighted by molar-refractivity contribution is 0.414. The quantitative estimate of drug-likeness (QED) is 0.909. The van der Waals surface area contributed by atoms with Crippen LogP contribution in [0.2, 0.25) is 5.02 Å². The molecule has 2 aromatic rings. The van der Waals surface area contributed by atoms with Crippen LogP contribution in [-0.2, 0) is 0 Å². The number of ether oxygens (including phenoxy) is 1. The molecule has 0 amide bonds. The fourth-order valence-corrected chi connectivity index (χ4v) is 1.67. The standard InChI is InChI=1S/C13H13ClN2O/c1-17-11-5-2-9(3-6-11)13(15)12-7-4-10(14)8-16-12/h2-8,13H,15H2,1H3. The zero-order chi connectivity index (χ0) is 12.3. The highest BCUT2D eigenvalue weighted by Gasteiger charge is 2.09. The molecule has 17 heavy (non-hydrogen) atoms. The molecule has 1 aromatic heterocycles. The highest BCUT2D eigenvalue weighted by molar-refractivity contribution is 6.30. The second-order valence-electron chi connectivity index (χ2n) is 3.65. The number of pyridine rings is 1. The summed E-state index contributed by atoms with van der Waals surface area (Å²) in [5.41, 5.74) is 7.89. The third-order valence-corrected chi connectivity index (χ3v) is 2.77. The second-order valence-corrected chi connectivity index (χ2v) is 4.09. The van der Waals surface area contributed by atoms with Crippen LogP contribution in [0.4, 0.5) is 0 Å². The average Bonchev–Trinajstić information content (AvgIpc) is 2.39. The summed E-state index contributed by atoms with van der Waals surface area (Å²) in [6.07, 6.45) is 1.60. The lowest BCUT2D eigenvalue weighted by Crippen LogP contribution is -2.13. The fourth-order valence-electron chi connectivity index (χ4n) is 1.55. The van der Waals surface area contributed by atoms with Gasteiger partial charge in [0.15, 0.2) is 0 Å². The smallest absolute Gasteiger partial charge is 0.118 e. The number of aromatic nitrogens is 1. The number of nitrogens with two attached hydrogens (primary N) is 1. The van der Waals surface area contributed by atoms with Crippen LogP contribution in [0.15, 0.2) is 42.6 Å². The fraction of sp³-hybridized carbons (Fsp3) is 0.154. The Labute approximate surface area is 105 Å². The Balaban J connectivity index is 2.23. The van der Waals surface area contributed by atoms with Gasteiger partial charge in [-0.3, -0.25) is 4.98 Å². The number of nitrogens with zero attached hydrogens (tertiary/aromatic N) is 1. The third kappa shape index (κ3) is 2.75. The van der Waals surface area contributed by atoms with Crippen molar-refractivity contribution in [3.8, 4) is 5.75 Å². The van der Waals surface area contributed by atoms with E-state index in [1.54, 1.807) is 19.4 Å². The highest BCUT2D eigenvalue weighted by atomic mass is 35.5. The molecule has 88 valence electrons. The van der Waals surface area contributed by atoms with Crippen LogP contribution in [0.5, 0.6) is 5.75 Å². The van der Waals surface area contributed by atoms with Crippen LogP contribution in [0.25, 0.3) is 0 Å². The second kappa shape index (κ2) is 5.17. The Morgan fingerprint density at radius 3 is 2.41 bits per heavy atom. The van der Waals surface area contributed by atoms with Crippen molar-refractivity contribution in [3.05, 3.63) is 58.9 Å². The van der Waals surface area contributed by atoms with E-state index in [-0.39, 0.29) is 6.04 Å². The lowest BCUT2D eigenvalue weighted by atomic mass is 10.0. The number of benzene rings is 1. The lowest BCUT2D eigenvalue weighted by Gasteiger charge is -2.12. The maximum absolute atomic E-state index is 6.11. The average molecular weight is 249 g/mol. The molecule has 0 radical (unpaired) electrons. The first-order valence-corrected chi connectivity index (χ1v) is 5.59. The van der Waals surface area contributed by atoms with Crippen molar-refractivity contribution < 1.29 is 4.74 Å². The summed E-state index contributed by atoms with van der Waals surface area (Å²) >= 11 is 5.78. The molecule has 1 atom stereocenters. The number of hydrogen-bond donors (Lipinski definition) is 1. The van der Waals surface area contributed by atoms with E-state index in [4.69, 9.17) is 22.1 Å². The monoisotopic (exact) mass is 248 g/mol. The van der Waals surface area contributed by atoms with E-state index in [0.29, 0.717) is 5.02 Å². The first kappa shape index (κ1) is 11.9. The number of hydrogen-bond acceptors (Lipinski definition) is 3. The van der Waals surface area contributed by atoms with Crippen LogP contribution in [-0.4, -0.2) is 12.1 Å². The van der Waals surface area contributed by atoms with E-state index in [1.807, 2.05) is 30.3 Å². The molecule has 0 saturated carbocycles. The van der Waals surface area contributed by atoms with Gasteiger partial charge < -0.3 is 10.5 Å². The molecule has 0 fully saturated rings. The Morgan fingerprint density at radius 2 is 1.88 bits per heavy atom. The van der Waals surface area contributed by atoms with Gasteiger partial charge in [-0.25, -0.2) is 0 Å². The summed E-state index contributed by atoms with van der Waals surface area (Å²) in [6, 6.07) is 11.0. The summed E-state index contributed by atoms with van der Waals surface area (Å²) in [6.45, 7) is 0. The molecule has 2 rings (SSSR count). The Hall–Kier alpha value is -1.58. The summed E-state index contributed by atoms with van der Waals surface area (Å²) < 4.78 is 5.10. The van der Waals surface area contributed by atoms with Crippen LogP contribution < -0.4 is 10.5 Å². The minimum absolute atomic E-state index is 0.252. The van der Waals surface area contributed by atoms with Gasteiger partial charge in [0.05, 0.1) is 23.9 Å². The van der Waals surface area contributed by atoms with Gasteiger partial charge in [0.1, 0.15) is 5.75 Å². The maximum atomic E-state index is 6.11. The van der Waals surface area contributed by atoms with Gasteiger partial charge in [-0.2, -0.15) is 0 Å². The topological polar surface area (TPSA) is 48.1 Å². The van der Waals surface area contributed by atoms with Crippen molar-refractivity contribution in [2.45, 2.75) is 6.04 Å². The largest absolute Gasteiger partial charge is 0.497 e. The van der Waals surface area contributed by atoms with E-state index in [0.717, 1.165) is 17.0 Å². The molecule has 1 aromatic carbocycles. The van der Waals surface area contributed by atoms with Crippen molar-refractivity contribution in [2.24, 2.45) is 5.73 Å². The van der Waals surface area contributed by atoms with Crippen molar-refractivity contribution >= 4 is 11.6 Å². The molecule has 0 bridgehead atoms. The first-order chi connectivity index (χ1) is 8.20. The molecule has 4 heteroatoms. The van der Waals surface area contributed by atoms with E-state index in [9.17, 15) is 0 Å². The van der Waals surface area contributed by atoms with Gasteiger partial charge in [0.2, 0.25) is 0 Å². The maximum Gasteiger partial charge on any atom is 0.118 e. The summed E-state index contributed by atoms with van der Waals surface area (Å²) in [7, 11) is 1.63. The van der Waals surface area contributed by atoms with Crippen molar-refractivity contribution in [2.75, 3.05) is 7.11 Å². The van der Waals surface area contributed by atoms with E-state index < -0.39 is 0 Å². The number of methoxy groups -OCH3 is 1. The zero-order valence-electron chi connectivity index (χ0n) is 9.43. The molecule has 0 aliphatic rings.